The van der Waals surface area contributed by atoms with E-state index in [1.807, 2.05) is 12.1 Å². The van der Waals surface area contributed by atoms with E-state index >= 15 is 0 Å². The van der Waals surface area contributed by atoms with E-state index in [4.69, 9.17) is 15.4 Å². The maximum Gasteiger partial charge on any atom is 0.152 e. The van der Waals surface area contributed by atoms with Crippen molar-refractivity contribution in [3.05, 3.63) is 23.7 Å². The van der Waals surface area contributed by atoms with Crippen molar-refractivity contribution in [2.75, 3.05) is 0 Å². The van der Waals surface area contributed by atoms with Gasteiger partial charge >= 0.3 is 0 Å². The monoisotopic (exact) mass is 164 g/mol. The van der Waals surface area contributed by atoms with E-state index < -0.39 is 6.04 Å². The number of furan rings is 1. The van der Waals surface area contributed by atoms with Gasteiger partial charge in [-0.25, -0.2) is 0 Å². The van der Waals surface area contributed by atoms with Crippen LogP contribution in [0.2, 0.25) is 0 Å². The molecule has 1 heterocycles. The molecule has 1 aromatic heterocycles. The molecule has 2 N–H and O–H groups in total. The lowest BCUT2D eigenvalue weighted by Crippen LogP contribution is -2.08. The maximum atomic E-state index is 8.56. The second kappa shape index (κ2) is 3.93. The van der Waals surface area contributed by atoms with E-state index in [-0.39, 0.29) is 0 Å². The first-order chi connectivity index (χ1) is 5.79. The second-order valence-electron chi connectivity index (χ2n) is 2.67. The second-order valence-corrected chi connectivity index (χ2v) is 2.67. The number of rotatable bonds is 3. The molecule has 1 unspecified atom stereocenters. The molecule has 1 atom stereocenters. The number of hydrogen-bond donors (Lipinski definition) is 1. The number of aryl methyl sites for hydroxylation is 1. The lowest BCUT2D eigenvalue weighted by Gasteiger charge is -2.01. The van der Waals surface area contributed by atoms with Gasteiger partial charge in [0, 0.05) is 0 Å². The van der Waals surface area contributed by atoms with Crippen molar-refractivity contribution in [1.29, 1.82) is 5.26 Å². The molecular formula is C9H12N2O. The molecule has 0 bridgehead atoms. The molecule has 0 spiro atoms. The molecule has 0 radical (unpaired) electrons. The molecular weight excluding hydrogens is 152 g/mol. The Morgan fingerprint density at radius 1 is 1.75 bits per heavy atom. The van der Waals surface area contributed by atoms with E-state index in [0.717, 1.165) is 18.4 Å². The summed E-state index contributed by atoms with van der Waals surface area (Å²) in [5.41, 5.74) is 6.56. The van der Waals surface area contributed by atoms with Gasteiger partial charge in [-0.2, -0.15) is 5.26 Å². The third-order valence-corrected chi connectivity index (χ3v) is 1.72. The van der Waals surface area contributed by atoms with Crippen LogP contribution >= 0.6 is 0 Å². The topological polar surface area (TPSA) is 62.9 Å². The fraction of sp³-hybridized carbons (Fsp3) is 0.444. The van der Waals surface area contributed by atoms with Gasteiger partial charge in [0.15, 0.2) is 6.04 Å². The van der Waals surface area contributed by atoms with Crippen molar-refractivity contribution in [1.82, 2.24) is 0 Å². The summed E-state index contributed by atoms with van der Waals surface area (Å²) in [4.78, 5) is 0. The van der Waals surface area contributed by atoms with Crippen LogP contribution in [0.1, 0.15) is 30.7 Å². The quantitative estimate of drug-likeness (QED) is 0.740. The molecule has 0 aliphatic heterocycles. The van der Waals surface area contributed by atoms with E-state index in [1.165, 1.54) is 0 Å². The van der Waals surface area contributed by atoms with Crippen LogP contribution in [-0.2, 0) is 6.42 Å². The fourth-order valence-electron chi connectivity index (χ4n) is 1.15. The molecule has 1 rings (SSSR count). The summed E-state index contributed by atoms with van der Waals surface area (Å²) >= 11 is 0. The lowest BCUT2D eigenvalue weighted by atomic mass is 10.1. The Morgan fingerprint density at radius 2 is 2.50 bits per heavy atom. The zero-order chi connectivity index (χ0) is 8.97. The standard InChI is InChI=1S/C9H12N2O/c1-2-3-7-4-5-12-9(7)8(11)6-10/h4-5,8H,2-3,11H2,1H3. The van der Waals surface area contributed by atoms with Gasteiger partial charge in [-0.1, -0.05) is 13.3 Å². The van der Waals surface area contributed by atoms with Crippen LogP contribution < -0.4 is 5.73 Å². The average Bonchev–Trinajstić information content (AvgIpc) is 2.52. The summed E-state index contributed by atoms with van der Waals surface area (Å²) in [5.74, 6) is 0.611. The molecule has 0 saturated heterocycles. The first kappa shape index (κ1) is 8.82. The smallest absolute Gasteiger partial charge is 0.152 e. The van der Waals surface area contributed by atoms with Gasteiger partial charge in [0.25, 0.3) is 0 Å². The summed E-state index contributed by atoms with van der Waals surface area (Å²) in [6, 6.07) is 3.20. The Hall–Kier alpha value is -1.27. The maximum absolute atomic E-state index is 8.56. The average molecular weight is 164 g/mol. The zero-order valence-corrected chi connectivity index (χ0v) is 7.08. The molecule has 0 aliphatic rings. The Balaban J connectivity index is 2.85. The SMILES string of the molecule is CCCc1ccoc1C(N)C#N. The Kier molecular flexibility index (Phi) is 2.89. The zero-order valence-electron chi connectivity index (χ0n) is 7.08. The van der Waals surface area contributed by atoms with Crippen LogP contribution in [-0.4, -0.2) is 0 Å². The van der Waals surface area contributed by atoms with Crippen molar-refractivity contribution in [2.24, 2.45) is 5.73 Å². The largest absolute Gasteiger partial charge is 0.466 e. The van der Waals surface area contributed by atoms with Gasteiger partial charge in [0.2, 0.25) is 0 Å². The highest BCUT2D eigenvalue weighted by molar-refractivity contribution is 5.23. The molecule has 0 saturated carbocycles. The van der Waals surface area contributed by atoms with Crippen LogP contribution in [0.5, 0.6) is 0 Å². The molecule has 3 nitrogen and oxygen atoms in total. The van der Waals surface area contributed by atoms with Gasteiger partial charge in [0.1, 0.15) is 5.76 Å². The molecule has 0 fully saturated rings. The van der Waals surface area contributed by atoms with Gasteiger partial charge in [0.05, 0.1) is 12.3 Å². The predicted molar refractivity (Wildman–Crippen MR) is 45.2 cm³/mol. The number of nitrogens with two attached hydrogens (primary N) is 1. The van der Waals surface area contributed by atoms with Crippen molar-refractivity contribution >= 4 is 0 Å². The molecule has 1 aromatic rings. The summed E-state index contributed by atoms with van der Waals surface area (Å²) in [6.45, 7) is 2.08. The highest BCUT2D eigenvalue weighted by Crippen LogP contribution is 2.18. The highest BCUT2D eigenvalue weighted by Gasteiger charge is 2.12. The predicted octanol–water partition coefficient (Wildman–Crippen LogP) is 1.76. The highest BCUT2D eigenvalue weighted by atomic mass is 16.3. The first-order valence-corrected chi connectivity index (χ1v) is 4.01. The minimum Gasteiger partial charge on any atom is -0.466 e. The Labute approximate surface area is 71.8 Å². The molecule has 0 aromatic carbocycles. The van der Waals surface area contributed by atoms with Crippen molar-refractivity contribution in [2.45, 2.75) is 25.8 Å². The summed E-state index contributed by atoms with van der Waals surface area (Å²) in [7, 11) is 0. The fourth-order valence-corrected chi connectivity index (χ4v) is 1.15. The van der Waals surface area contributed by atoms with Crippen LogP contribution in [0.4, 0.5) is 0 Å². The molecule has 3 heteroatoms. The van der Waals surface area contributed by atoms with Crippen molar-refractivity contribution in [3.8, 4) is 6.07 Å². The van der Waals surface area contributed by atoms with E-state index in [9.17, 15) is 0 Å². The summed E-state index contributed by atoms with van der Waals surface area (Å²) in [5, 5.41) is 8.56. The van der Waals surface area contributed by atoms with E-state index in [1.54, 1.807) is 6.26 Å². The number of nitrogens with zero attached hydrogens (tertiary/aromatic N) is 1. The molecule has 12 heavy (non-hydrogen) atoms. The number of nitriles is 1. The Morgan fingerprint density at radius 3 is 3.08 bits per heavy atom. The third kappa shape index (κ3) is 1.66. The van der Waals surface area contributed by atoms with Gasteiger partial charge in [-0.3, -0.25) is 0 Å². The minimum absolute atomic E-state index is 0.611. The third-order valence-electron chi connectivity index (χ3n) is 1.72. The normalized spacial score (nSPS) is 12.4. The number of hydrogen-bond acceptors (Lipinski definition) is 3. The van der Waals surface area contributed by atoms with Gasteiger partial charge < -0.3 is 10.2 Å². The van der Waals surface area contributed by atoms with E-state index in [0.29, 0.717) is 5.76 Å². The van der Waals surface area contributed by atoms with Crippen LogP contribution in [0.15, 0.2) is 16.7 Å². The molecule has 0 aliphatic carbocycles. The van der Waals surface area contributed by atoms with Crippen LogP contribution in [0, 0.1) is 11.3 Å². The van der Waals surface area contributed by atoms with Crippen molar-refractivity contribution < 1.29 is 4.42 Å². The molecule has 64 valence electrons. The molecule has 0 amide bonds. The van der Waals surface area contributed by atoms with Gasteiger partial charge in [-0.15, -0.1) is 0 Å². The lowest BCUT2D eigenvalue weighted by molar-refractivity contribution is 0.491. The Bertz CT molecular complexity index is 285. The van der Waals surface area contributed by atoms with Gasteiger partial charge in [-0.05, 0) is 18.1 Å². The minimum atomic E-state index is -0.624. The van der Waals surface area contributed by atoms with Crippen LogP contribution in [0.25, 0.3) is 0 Å². The van der Waals surface area contributed by atoms with Crippen molar-refractivity contribution in [3.63, 3.8) is 0 Å². The van der Waals surface area contributed by atoms with Crippen LogP contribution in [0.3, 0.4) is 0 Å². The first-order valence-electron chi connectivity index (χ1n) is 4.01. The summed E-state index contributed by atoms with van der Waals surface area (Å²) in [6.07, 6.45) is 3.53. The van der Waals surface area contributed by atoms with E-state index in [2.05, 4.69) is 6.92 Å². The summed E-state index contributed by atoms with van der Waals surface area (Å²) < 4.78 is 5.12.